The number of rotatable bonds is 5. The van der Waals surface area contributed by atoms with E-state index in [0.29, 0.717) is 48.8 Å². The van der Waals surface area contributed by atoms with E-state index in [1.807, 2.05) is 37.3 Å². The van der Waals surface area contributed by atoms with Gasteiger partial charge < -0.3 is 4.98 Å². The molecule has 0 unspecified atom stereocenters. The first-order chi connectivity index (χ1) is 15.9. The lowest BCUT2D eigenvalue weighted by molar-refractivity contribution is 0.313. The number of fused-ring (bicyclic) bond motifs is 1. The van der Waals surface area contributed by atoms with Crippen molar-refractivity contribution in [3.63, 3.8) is 0 Å². The molecule has 170 valence electrons. The van der Waals surface area contributed by atoms with Gasteiger partial charge in [0.05, 0.1) is 11.4 Å². The predicted octanol–water partition coefficient (Wildman–Crippen LogP) is 2.44. The second kappa shape index (κ2) is 8.53. The number of aromatic nitrogens is 5. The smallest absolute Gasteiger partial charge is 0.281 e. The van der Waals surface area contributed by atoms with Crippen LogP contribution in [0.2, 0.25) is 0 Å². The maximum atomic E-state index is 13.0. The van der Waals surface area contributed by atoms with Gasteiger partial charge in [0.1, 0.15) is 5.82 Å². The molecule has 0 aliphatic carbocycles. The maximum absolute atomic E-state index is 13.0. The monoisotopic (exact) mass is 464 g/mol. The molecule has 0 radical (unpaired) electrons. The Labute approximate surface area is 191 Å². The van der Waals surface area contributed by atoms with Crippen LogP contribution in [0, 0.1) is 6.92 Å². The van der Waals surface area contributed by atoms with Gasteiger partial charge >= 0.3 is 0 Å². The summed E-state index contributed by atoms with van der Waals surface area (Å²) in [4.78, 5) is 20.5. The summed E-state index contributed by atoms with van der Waals surface area (Å²) in [6.45, 7) is 3.11. The zero-order valence-corrected chi connectivity index (χ0v) is 19.0. The van der Waals surface area contributed by atoms with E-state index in [1.165, 1.54) is 4.31 Å². The lowest BCUT2D eigenvalue weighted by Crippen LogP contribution is -2.38. The SMILES string of the molecule is Cc1ccc(S(=O)(=O)N2CCC(c3nc4c(nnn4Cc4ccccc4)c(=O)[nH]3)CC2)cc1. The third-order valence-electron chi connectivity index (χ3n) is 6.07. The molecule has 0 bridgehead atoms. The average molecular weight is 465 g/mol. The number of nitrogens with one attached hydrogen (secondary N) is 1. The minimum atomic E-state index is -3.54. The Balaban J connectivity index is 1.37. The molecule has 4 aromatic rings. The van der Waals surface area contributed by atoms with Crippen molar-refractivity contribution in [1.29, 1.82) is 0 Å². The Morgan fingerprint density at radius 2 is 1.73 bits per heavy atom. The number of sulfonamides is 1. The van der Waals surface area contributed by atoms with Crippen molar-refractivity contribution in [2.45, 2.75) is 37.1 Å². The van der Waals surface area contributed by atoms with Gasteiger partial charge in [0, 0.05) is 19.0 Å². The number of aromatic amines is 1. The molecule has 0 atom stereocenters. The van der Waals surface area contributed by atoms with E-state index in [9.17, 15) is 13.2 Å². The third kappa shape index (κ3) is 4.19. The van der Waals surface area contributed by atoms with Crippen molar-refractivity contribution in [2.24, 2.45) is 0 Å². The largest absolute Gasteiger partial charge is 0.308 e. The highest BCUT2D eigenvalue weighted by atomic mass is 32.2. The molecular formula is C23H24N6O3S. The van der Waals surface area contributed by atoms with Crippen molar-refractivity contribution in [3.8, 4) is 0 Å². The molecule has 1 saturated heterocycles. The van der Waals surface area contributed by atoms with Crippen LogP contribution >= 0.6 is 0 Å². The first kappa shape index (κ1) is 21.5. The van der Waals surface area contributed by atoms with Gasteiger partial charge in [-0.25, -0.2) is 18.1 Å². The lowest BCUT2D eigenvalue weighted by atomic mass is 9.97. The summed E-state index contributed by atoms with van der Waals surface area (Å²) in [5, 5.41) is 8.12. The van der Waals surface area contributed by atoms with Crippen LogP contribution in [0.3, 0.4) is 0 Å². The fourth-order valence-corrected chi connectivity index (χ4v) is 5.64. The van der Waals surface area contributed by atoms with Gasteiger partial charge in [-0.05, 0) is 37.5 Å². The van der Waals surface area contributed by atoms with E-state index in [1.54, 1.807) is 28.9 Å². The topological polar surface area (TPSA) is 114 Å². The van der Waals surface area contributed by atoms with E-state index in [2.05, 4.69) is 20.3 Å². The predicted molar refractivity (Wildman–Crippen MR) is 123 cm³/mol. The van der Waals surface area contributed by atoms with E-state index in [0.717, 1.165) is 11.1 Å². The number of hydrogen-bond acceptors (Lipinski definition) is 6. The van der Waals surface area contributed by atoms with Crippen LogP contribution < -0.4 is 5.56 Å². The summed E-state index contributed by atoms with van der Waals surface area (Å²) in [6.07, 6.45) is 1.14. The van der Waals surface area contributed by atoms with Gasteiger partial charge in [0.2, 0.25) is 10.0 Å². The van der Waals surface area contributed by atoms with Gasteiger partial charge in [0.15, 0.2) is 11.2 Å². The molecule has 3 heterocycles. The van der Waals surface area contributed by atoms with E-state index in [-0.39, 0.29) is 17.0 Å². The number of H-pyrrole nitrogens is 1. The number of piperidine rings is 1. The molecule has 1 fully saturated rings. The Bertz CT molecular complexity index is 1440. The lowest BCUT2D eigenvalue weighted by Gasteiger charge is -2.30. The van der Waals surface area contributed by atoms with Crippen LogP contribution in [0.4, 0.5) is 0 Å². The van der Waals surface area contributed by atoms with Crippen LogP contribution in [-0.4, -0.2) is 50.8 Å². The van der Waals surface area contributed by atoms with Crippen LogP contribution in [0.1, 0.15) is 35.7 Å². The zero-order valence-electron chi connectivity index (χ0n) is 18.2. The summed E-state index contributed by atoms with van der Waals surface area (Å²) < 4.78 is 29.1. The van der Waals surface area contributed by atoms with Gasteiger partial charge in [-0.2, -0.15) is 4.31 Å². The first-order valence-electron chi connectivity index (χ1n) is 10.9. The molecule has 1 aliphatic heterocycles. The molecule has 1 N–H and O–H groups in total. The molecule has 1 aliphatic rings. The second-order valence-corrected chi connectivity index (χ2v) is 10.3. The molecule has 5 rings (SSSR count). The minimum Gasteiger partial charge on any atom is -0.308 e. The number of aryl methyl sites for hydroxylation is 1. The zero-order chi connectivity index (χ0) is 23.0. The molecule has 9 nitrogen and oxygen atoms in total. The second-order valence-electron chi connectivity index (χ2n) is 8.35. The average Bonchev–Trinajstić information content (AvgIpc) is 3.23. The van der Waals surface area contributed by atoms with Crippen LogP contribution in [0.25, 0.3) is 11.2 Å². The Morgan fingerprint density at radius 3 is 2.42 bits per heavy atom. The first-order valence-corrected chi connectivity index (χ1v) is 12.3. The number of benzene rings is 2. The van der Waals surface area contributed by atoms with E-state index >= 15 is 0 Å². The molecule has 2 aromatic carbocycles. The van der Waals surface area contributed by atoms with Crippen LogP contribution in [0.5, 0.6) is 0 Å². The van der Waals surface area contributed by atoms with Gasteiger partial charge in [-0.1, -0.05) is 53.2 Å². The fraction of sp³-hybridized carbons (Fsp3) is 0.304. The van der Waals surface area contributed by atoms with Crippen molar-refractivity contribution in [3.05, 3.63) is 81.9 Å². The molecule has 0 saturated carbocycles. The molecular weight excluding hydrogens is 440 g/mol. The van der Waals surface area contributed by atoms with Gasteiger partial charge in [0.25, 0.3) is 5.56 Å². The molecule has 0 amide bonds. The summed E-state index contributed by atoms with van der Waals surface area (Å²) in [5.41, 5.74) is 2.35. The standard InChI is InChI=1S/C23H24N6O3S/c1-16-7-9-19(10-8-16)33(31,32)28-13-11-18(12-14-28)21-24-22-20(23(30)25-21)26-27-29(22)15-17-5-3-2-4-6-17/h2-10,18H,11-15H2,1H3,(H,24,25,30). The summed E-state index contributed by atoms with van der Waals surface area (Å²) in [5.74, 6) is 0.503. The Kier molecular flexibility index (Phi) is 5.55. The summed E-state index contributed by atoms with van der Waals surface area (Å²) in [6, 6.07) is 16.7. The molecule has 0 spiro atoms. The Morgan fingerprint density at radius 1 is 1.03 bits per heavy atom. The quantitative estimate of drug-likeness (QED) is 0.485. The fourth-order valence-electron chi connectivity index (χ4n) is 4.17. The summed E-state index contributed by atoms with van der Waals surface area (Å²) >= 11 is 0. The van der Waals surface area contributed by atoms with Crippen LogP contribution in [-0.2, 0) is 16.6 Å². The molecule has 33 heavy (non-hydrogen) atoms. The highest BCUT2D eigenvalue weighted by Gasteiger charge is 2.31. The van der Waals surface area contributed by atoms with Gasteiger partial charge in [-0.15, -0.1) is 5.10 Å². The van der Waals surface area contributed by atoms with Crippen molar-refractivity contribution >= 4 is 21.2 Å². The summed E-state index contributed by atoms with van der Waals surface area (Å²) in [7, 11) is -3.54. The normalized spacial score (nSPS) is 15.8. The maximum Gasteiger partial charge on any atom is 0.281 e. The van der Waals surface area contributed by atoms with Crippen molar-refractivity contribution in [2.75, 3.05) is 13.1 Å². The Hall–Kier alpha value is -3.37. The van der Waals surface area contributed by atoms with Gasteiger partial charge in [-0.3, -0.25) is 4.79 Å². The van der Waals surface area contributed by atoms with E-state index < -0.39 is 10.0 Å². The highest BCUT2D eigenvalue weighted by molar-refractivity contribution is 7.89. The minimum absolute atomic E-state index is 0.0494. The third-order valence-corrected chi connectivity index (χ3v) is 7.98. The molecule has 2 aromatic heterocycles. The number of hydrogen-bond donors (Lipinski definition) is 1. The van der Waals surface area contributed by atoms with Crippen LogP contribution in [0.15, 0.2) is 64.3 Å². The molecule has 10 heteroatoms. The van der Waals surface area contributed by atoms with Crippen molar-refractivity contribution in [1.82, 2.24) is 29.3 Å². The highest BCUT2D eigenvalue weighted by Crippen LogP contribution is 2.29. The number of nitrogens with zero attached hydrogens (tertiary/aromatic N) is 5. The van der Waals surface area contributed by atoms with E-state index in [4.69, 9.17) is 0 Å². The van der Waals surface area contributed by atoms with Crippen molar-refractivity contribution < 1.29 is 8.42 Å².